The number of carbonyl (C=O) groups is 4. The summed E-state index contributed by atoms with van der Waals surface area (Å²) in [7, 11) is 0. The number of amides is 1. The molecule has 7 nitrogen and oxygen atoms in total. The van der Waals surface area contributed by atoms with E-state index in [0.29, 0.717) is 36.3 Å². The molecule has 8 heteroatoms. The molecule has 0 aromatic rings. The molecule has 4 rings (SSSR count). The Kier molecular flexibility index (Phi) is 8.22. The third-order valence-electron chi connectivity index (χ3n) is 9.95. The molecule has 4 aliphatic rings. The molecule has 3 saturated carbocycles. The minimum atomic E-state index is -1.06. The summed E-state index contributed by atoms with van der Waals surface area (Å²) in [5.74, 6) is 0.765. The van der Waals surface area contributed by atoms with Crippen LogP contribution in [0.25, 0.3) is 0 Å². The summed E-state index contributed by atoms with van der Waals surface area (Å²) >= 11 is 1.53. The third-order valence-corrected chi connectivity index (χ3v) is 10.6. The van der Waals surface area contributed by atoms with Gasteiger partial charge in [0.15, 0.2) is 5.78 Å². The number of nitrogens with one attached hydrogen (secondary N) is 1. The van der Waals surface area contributed by atoms with E-state index in [1.807, 2.05) is 12.3 Å². The van der Waals surface area contributed by atoms with E-state index in [-0.39, 0.29) is 41.5 Å². The number of hydrogen-bond donors (Lipinski definition) is 2. The van der Waals surface area contributed by atoms with Crippen molar-refractivity contribution in [3.63, 3.8) is 0 Å². The Bertz CT molecular complexity index is 933. The van der Waals surface area contributed by atoms with Crippen molar-refractivity contribution in [2.75, 3.05) is 12.0 Å². The van der Waals surface area contributed by atoms with Crippen molar-refractivity contribution in [2.45, 2.75) is 96.6 Å². The van der Waals surface area contributed by atoms with Crippen molar-refractivity contribution in [3.05, 3.63) is 11.6 Å². The van der Waals surface area contributed by atoms with Crippen LogP contribution in [0.3, 0.4) is 0 Å². The zero-order valence-corrected chi connectivity index (χ0v) is 22.7. The van der Waals surface area contributed by atoms with Gasteiger partial charge >= 0.3 is 11.9 Å². The first kappa shape index (κ1) is 27.2. The second-order valence-corrected chi connectivity index (χ2v) is 12.8. The largest absolute Gasteiger partial charge is 0.480 e. The monoisotopic (exact) mass is 519 g/mol. The molecule has 0 bridgehead atoms. The lowest BCUT2D eigenvalue weighted by Crippen LogP contribution is -2.51. The van der Waals surface area contributed by atoms with E-state index in [2.05, 4.69) is 19.2 Å². The van der Waals surface area contributed by atoms with Crippen LogP contribution >= 0.6 is 11.8 Å². The minimum Gasteiger partial charge on any atom is -0.480 e. The molecular weight excluding hydrogens is 478 g/mol. The van der Waals surface area contributed by atoms with Crippen LogP contribution < -0.4 is 5.32 Å². The number of carboxylic acids is 1. The number of thioether (sulfide) groups is 1. The van der Waals surface area contributed by atoms with Crippen molar-refractivity contribution in [2.24, 2.45) is 28.6 Å². The number of hydrogen-bond acceptors (Lipinski definition) is 6. The van der Waals surface area contributed by atoms with Gasteiger partial charge < -0.3 is 15.2 Å². The Labute approximate surface area is 218 Å². The Morgan fingerprint density at radius 1 is 1.11 bits per heavy atom. The fourth-order valence-electron chi connectivity index (χ4n) is 7.90. The fraction of sp³-hybridized carbons (Fsp3) is 0.786. The number of ketones is 1. The highest BCUT2D eigenvalue weighted by molar-refractivity contribution is 7.98. The van der Waals surface area contributed by atoms with E-state index < -0.39 is 17.9 Å². The van der Waals surface area contributed by atoms with Gasteiger partial charge in [0.05, 0.1) is 6.42 Å². The Hall–Kier alpha value is -1.83. The first-order chi connectivity index (χ1) is 17.1. The van der Waals surface area contributed by atoms with Gasteiger partial charge in [0.2, 0.25) is 5.91 Å². The highest BCUT2D eigenvalue weighted by atomic mass is 32.2. The van der Waals surface area contributed by atoms with Gasteiger partial charge in [-0.3, -0.25) is 14.4 Å². The van der Waals surface area contributed by atoms with Gasteiger partial charge in [-0.1, -0.05) is 19.4 Å². The van der Waals surface area contributed by atoms with E-state index in [0.717, 1.165) is 44.9 Å². The predicted octanol–water partition coefficient (Wildman–Crippen LogP) is 4.53. The molecule has 0 heterocycles. The topological polar surface area (TPSA) is 110 Å². The molecule has 3 fully saturated rings. The molecule has 4 aliphatic carbocycles. The van der Waals surface area contributed by atoms with Crippen LogP contribution in [0.5, 0.6) is 0 Å². The van der Waals surface area contributed by atoms with Crippen LogP contribution in [0.1, 0.15) is 84.5 Å². The molecule has 0 aromatic carbocycles. The van der Waals surface area contributed by atoms with Crippen molar-refractivity contribution in [1.29, 1.82) is 0 Å². The summed E-state index contributed by atoms with van der Waals surface area (Å²) in [5, 5.41) is 11.8. The summed E-state index contributed by atoms with van der Waals surface area (Å²) in [6.45, 7) is 4.66. The van der Waals surface area contributed by atoms with E-state index in [9.17, 15) is 24.3 Å². The SMILES string of the molecule is CSCC[C@H](NC(=O)CCC(=O)O[C@@H]1CC[C@@H]2[C@H]3CCC4=CC(=O)CC[C@]4(C)[C@@H]3CC[C@@]21C)C(=O)O. The van der Waals surface area contributed by atoms with Crippen LogP contribution in [-0.4, -0.2) is 52.9 Å². The summed E-state index contributed by atoms with van der Waals surface area (Å²) in [5.41, 5.74) is 1.44. The smallest absolute Gasteiger partial charge is 0.326 e. The highest BCUT2D eigenvalue weighted by Crippen LogP contribution is 2.65. The van der Waals surface area contributed by atoms with E-state index >= 15 is 0 Å². The highest BCUT2D eigenvalue weighted by Gasteiger charge is 2.59. The standard InChI is InChI=1S/C28H41NO6S/c1-27-13-10-18(30)16-17(27)4-5-19-20-6-7-23(28(20,2)14-11-21(19)27)35-25(32)9-8-24(31)29-22(26(33)34)12-15-36-3/h16,19-23H,4-15H2,1-3H3,(H,29,31)(H,33,34)/t19-,20-,21-,22+,23-,27+,28+/m1/s1. The molecule has 200 valence electrons. The lowest BCUT2D eigenvalue weighted by molar-refractivity contribution is -0.160. The van der Waals surface area contributed by atoms with E-state index in [1.54, 1.807) is 0 Å². The molecule has 0 spiro atoms. The van der Waals surface area contributed by atoms with E-state index in [1.165, 1.54) is 17.3 Å². The number of ether oxygens (including phenoxy) is 1. The quantitative estimate of drug-likeness (QED) is 0.431. The molecule has 0 radical (unpaired) electrons. The molecular formula is C28H41NO6S. The maximum atomic E-state index is 12.7. The van der Waals surface area contributed by atoms with Crippen LogP contribution in [0.2, 0.25) is 0 Å². The van der Waals surface area contributed by atoms with Gasteiger partial charge in [0.25, 0.3) is 0 Å². The summed E-state index contributed by atoms with van der Waals surface area (Å²) < 4.78 is 5.98. The number of esters is 1. The Balaban J connectivity index is 1.32. The number of fused-ring (bicyclic) bond motifs is 5. The minimum absolute atomic E-state index is 0.0374. The fourth-order valence-corrected chi connectivity index (χ4v) is 8.37. The van der Waals surface area contributed by atoms with Gasteiger partial charge in [0, 0.05) is 18.3 Å². The maximum absolute atomic E-state index is 12.7. The van der Waals surface area contributed by atoms with Crippen molar-refractivity contribution in [1.82, 2.24) is 5.32 Å². The maximum Gasteiger partial charge on any atom is 0.326 e. The van der Waals surface area contributed by atoms with Gasteiger partial charge in [-0.25, -0.2) is 4.79 Å². The first-order valence-electron chi connectivity index (χ1n) is 13.5. The van der Waals surface area contributed by atoms with Gasteiger partial charge in [-0.05, 0) is 92.6 Å². The average Bonchev–Trinajstić information content (AvgIpc) is 3.16. The molecule has 36 heavy (non-hydrogen) atoms. The Morgan fingerprint density at radius 2 is 1.89 bits per heavy atom. The third kappa shape index (κ3) is 5.25. The van der Waals surface area contributed by atoms with Gasteiger partial charge in [-0.15, -0.1) is 0 Å². The molecule has 0 aliphatic heterocycles. The van der Waals surface area contributed by atoms with Crippen LogP contribution in [-0.2, 0) is 23.9 Å². The van der Waals surface area contributed by atoms with Crippen molar-refractivity contribution in [3.8, 4) is 0 Å². The summed E-state index contributed by atoms with van der Waals surface area (Å²) in [6, 6.07) is -0.930. The van der Waals surface area contributed by atoms with Gasteiger partial charge in [-0.2, -0.15) is 11.8 Å². The molecule has 0 unspecified atom stereocenters. The van der Waals surface area contributed by atoms with Gasteiger partial charge in [0.1, 0.15) is 12.1 Å². The lowest BCUT2D eigenvalue weighted by Gasteiger charge is -2.57. The number of rotatable bonds is 9. The molecule has 2 N–H and O–H groups in total. The normalized spacial score (nSPS) is 36.1. The number of carbonyl (C=O) groups excluding carboxylic acids is 3. The summed E-state index contributed by atoms with van der Waals surface area (Å²) in [4.78, 5) is 48.4. The first-order valence-corrected chi connectivity index (χ1v) is 14.9. The van der Waals surface area contributed by atoms with Crippen LogP contribution in [0.4, 0.5) is 0 Å². The lowest BCUT2D eigenvalue weighted by atomic mass is 9.47. The molecule has 1 amide bonds. The molecule has 0 saturated heterocycles. The number of allylic oxidation sites excluding steroid dienone is 1. The molecule has 7 atom stereocenters. The Morgan fingerprint density at radius 3 is 2.61 bits per heavy atom. The number of aliphatic carboxylic acids is 1. The van der Waals surface area contributed by atoms with Crippen molar-refractivity contribution >= 4 is 35.4 Å². The average molecular weight is 520 g/mol. The zero-order valence-electron chi connectivity index (χ0n) is 21.8. The zero-order chi connectivity index (χ0) is 26.1. The van der Waals surface area contributed by atoms with Crippen LogP contribution in [0, 0.1) is 28.6 Å². The number of carboxylic acid groups (broad SMARTS) is 1. The molecule has 0 aromatic heterocycles. The summed E-state index contributed by atoms with van der Waals surface area (Å²) in [6.07, 6.45) is 11.7. The predicted molar refractivity (Wildman–Crippen MR) is 138 cm³/mol. The van der Waals surface area contributed by atoms with E-state index in [4.69, 9.17) is 4.74 Å². The second-order valence-electron chi connectivity index (χ2n) is 11.8. The second kappa shape index (κ2) is 10.9. The van der Waals surface area contributed by atoms with Crippen LogP contribution in [0.15, 0.2) is 11.6 Å². The van der Waals surface area contributed by atoms with Crippen molar-refractivity contribution < 1.29 is 29.0 Å².